The molecule has 0 saturated heterocycles. The smallest absolute Gasteiger partial charge is 0.463 e. The molecular formula is C37H68NO8P. The Morgan fingerprint density at radius 2 is 1.21 bits per heavy atom. The van der Waals surface area contributed by atoms with Gasteiger partial charge in [0.2, 0.25) is 5.91 Å². The van der Waals surface area contributed by atoms with Gasteiger partial charge in [-0.05, 0) is 44.9 Å². The van der Waals surface area contributed by atoms with Gasteiger partial charge < -0.3 is 20.1 Å². The molecule has 2 unspecified atom stereocenters. The minimum absolute atomic E-state index is 0.0808. The van der Waals surface area contributed by atoms with E-state index in [1.165, 1.54) is 51.4 Å². The van der Waals surface area contributed by atoms with Crippen LogP contribution in [0.2, 0.25) is 0 Å². The standard InChI is InChI=1S/C37H68NO8P/c1-3-5-7-9-11-13-15-16-17-18-20-22-24-26-28-30-37(41)44-33-35(39)34-46-47(42,43)45-32-31-38-36(40)29-27-25-23-21-19-14-12-10-8-6-4-2/h5,7,11,13,16-17,35,39H,3-4,6,8-10,12,14-15,18-34H2,1-2H3,(H,38,40)(H,42,43)/b7-5-,13-11-,17-16-. The maximum Gasteiger partial charge on any atom is 0.472 e. The lowest BCUT2D eigenvalue weighted by molar-refractivity contribution is -0.147. The van der Waals surface area contributed by atoms with Crippen LogP contribution in [0.25, 0.3) is 0 Å². The van der Waals surface area contributed by atoms with E-state index in [0.29, 0.717) is 12.8 Å². The summed E-state index contributed by atoms with van der Waals surface area (Å²) in [7, 11) is -4.41. The van der Waals surface area contributed by atoms with Gasteiger partial charge in [0.1, 0.15) is 12.7 Å². The van der Waals surface area contributed by atoms with Crippen LogP contribution in [0.1, 0.15) is 155 Å². The topological polar surface area (TPSA) is 131 Å². The second-order valence-corrected chi connectivity index (χ2v) is 13.6. The summed E-state index contributed by atoms with van der Waals surface area (Å²) in [5.74, 6) is -0.536. The number of phosphoric acid groups is 1. The van der Waals surface area contributed by atoms with E-state index in [1.807, 2.05) is 0 Å². The number of ether oxygens (including phenoxy) is 1. The van der Waals surface area contributed by atoms with Crippen LogP contribution >= 0.6 is 7.82 Å². The van der Waals surface area contributed by atoms with Crippen LogP contribution in [0.15, 0.2) is 36.5 Å². The zero-order chi connectivity index (χ0) is 34.7. The van der Waals surface area contributed by atoms with E-state index in [2.05, 4.69) is 55.6 Å². The van der Waals surface area contributed by atoms with Crippen molar-refractivity contribution < 1.29 is 37.9 Å². The van der Waals surface area contributed by atoms with Gasteiger partial charge in [0.05, 0.1) is 13.2 Å². The summed E-state index contributed by atoms with van der Waals surface area (Å²) in [6.07, 6.45) is 35.0. The number of amides is 1. The predicted molar refractivity (Wildman–Crippen MR) is 192 cm³/mol. The molecule has 0 bridgehead atoms. The van der Waals surface area contributed by atoms with Gasteiger partial charge in [-0.3, -0.25) is 18.6 Å². The molecule has 0 rings (SSSR count). The Balaban J connectivity index is 3.66. The van der Waals surface area contributed by atoms with Crippen LogP contribution in [0, 0.1) is 0 Å². The molecule has 0 saturated carbocycles. The molecular weight excluding hydrogens is 617 g/mol. The summed E-state index contributed by atoms with van der Waals surface area (Å²) in [6, 6.07) is 0. The Morgan fingerprint density at radius 1 is 0.681 bits per heavy atom. The SMILES string of the molecule is CC/C=C\C/C=C\C/C=C\CCCCCCCC(=O)OCC(O)COP(=O)(O)OCCNC(=O)CCCCCCCCCCCCC. The number of carbonyl (C=O) groups is 2. The normalized spacial score (nSPS) is 13.9. The molecule has 2 atom stereocenters. The van der Waals surface area contributed by atoms with Gasteiger partial charge in [0.25, 0.3) is 0 Å². The summed E-state index contributed by atoms with van der Waals surface area (Å²) in [6.45, 7) is 3.40. The summed E-state index contributed by atoms with van der Waals surface area (Å²) in [4.78, 5) is 33.7. The molecule has 0 radical (unpaired) electrons. The molecule has 274 valence electrons. The predicted octanol–water partition coefficient (Wildman–Crippen LogP) is 9.43. The van der Waals surface area contributed by atoms with E-state index >= 15 is 0 Å². The first-order chi connectivity index (χ1) is 22.8. The second kappa shape index (κ2) is 34.1. The largest absolute Gasteiger partial charge is 0.472 e. The molecule has 0 aromatic carbocycles. The number of nitrogens with one attached hydrogen (secondary N) is 1. The molecule has 1 amide bonds. The van der Waals surface area contributed by atoms with Crippen molar-refractivity contribution in [1.29, 1.82) is 0 Å². The minimum atomic E-state index is -4.41. The van der Waals surface area contributed by atoms with Gasteiger partial charge in [-0.25, -0.2) is 4.57 Å². The highest BCUT2D eigenvalue weighted by Crippen LogP contribution is 2.42. The molecule has 0 spiro atoms. The second-order valence-electron chi connectivity index (χ2n) is 12.2. The lowest BCUT2D eigenvalue weighted by Gasteiger charge is -2.15. The van der Waals surface area contributed by atoms with Crippen LogP contribution in [0.5, 0.6) is 0 Å². The number of carbonyl (C=O) groups excluding carboxylic acids is 2. The first kappa shape index (κ1) is 45.2. The van der Waals surface area contributed by atoms with E-state index < -0.39 is 26.5 Å². The van der Waals surface area contributed by atoms with Crippen LogP contribution in [-0.4, -0.2) is 54.3 Å². The average molecular weight is 686 g/mol. The maximum absolute atomic E-state index is 12.0. The number of hydrogen-bond donors (Lipinski definition) is 3. The highest BCUT2D eigenvalue weighted by Gasteiger charge is 2.23. The number of phosphoric ester groups is 1. The van der Waals surface area contributed by atoms with Crippen LogP contribution in [-0.2, 0) is 27.9 Å². The number of allylic oxidation sites excluding steroid dienone is 6. The highest BCUT2D eigenvalue weighted by atomic mass is 31.2. The quantitative estimate of drug-likeness (QED) is 0.0264. The molecule has 0 aromatic rings. The molecule has 0 aliphatic heterocycles. The van der Waals surface area contributed by atoms with E-state index in [9.17, 15) is 24.2 Å². The van der Waals surface area contributed by atoms with Crippen molar-refractivity contribution in [3.8, 4) is 0 Å². The number of hydrogen-bond acceptors (Lipinski definition) is 7. The Bertz CT molecular complexity index is 876. The monoisotopic (exact) mass is 685 g/mol. The van der Waals surface area contributed by atoms with Gasteiger partial charge in [0, 0.05) is 19.4 Å². The zero-order valence-electron chi connectivity index (χ0n) is 29.7. The fourth-order valence-corrected chi connectivity index (χ4v) is 5.56. The third kappa shape index (κ3) is 35.4. The molecule has 0 fully saturated rings. The average Bonchev–Trinajstić information content (AvgIpc) is 3.05. The third-order valence-corrected chi connectivity index (χ3v) is 8.57. The minimum Gasteiger partial charge on any atom is -0.463 e. The van der Waals surface area contributed by atoms with Gasteiger partial charge in [-0.1, -0.05) is 134 Å². The van der Waals surface area contributed by atoms with Crippen LogP contribution in [0.4, 0.5) is 0 Å². The molecule has 0 aliphatic carbocycles. The van der Waals surface area contributed by atoms with E-state index in [-0.39, 0.29) is 32.1 Å². The number of esters is 1. The van der Waals surface area contributed by atoms with Gasteiger partial charge in [-0.2, -0.15) is 0 Å². The highest BCUT2D eigenvalue weighted by molar-refractivity contribution is 7.47. The maximum atomic E-state index is 12.0. The van der Waals surface area contributed by atoms with Crippen LogP contribution < -0.4 is 5.32 Å². The molecule has 47 heavy (non-hydrogen) atoms. The summed E-state index contributed by atoms with van der Waals surface area (Å²) in [5, 5.41) is 12.6. The first-order valence-electron chi connectivity index (χ1n) is 18.5. The van der Waals surface area contributed by atoms with E-state index in [1.54, 1.807) is 0 Å². The van der Waals surface area contributed by atoms with Crippen molar-refractivity contribution in [2.24, 2.45) is 0 Å². The molecule has 10 heteroatoms. The molecule has 0 aliphatic rings. The molecule has 3 N–H and O–H groups in total. The van der Waals surface area contributed by atoms with Crippen molar-refractivity contribution >= 4 is 19.7 Å². The Hall–Kier alpha value is -1.77. The fraction of sp³-hybridized carbons (Fsp3) is 0.784. The van der Waals surface area contributed by atoms with E-state index in [4.69, 9.17) is 13.8 Å². The Labute approximate surface area is 286 Å². The van der Waals surface area contributed by atoms with Crippen molar-refractivity contribution in [2.45, 2.75) is 161 Å². The number of aliphatic hydroxyl groups excluding tert-OH is 1. The van der Waals surface area contributed by atoms with Gasteiger partial charge in [-0.15, -0.1) is 0 Å². The van der Waals surface area contributed by atoms with Crippen LogP contribution in [0.3, 0.4) is 0 Å². The number of unbranched alkanes of at least 4 members (excludes halogenated alkanes) is 15. The van der Waals surface area contributed by atoms with Crippen molar-refractivity contribution in [3.63, 3.8) is 0 Å². The summed E-state index contributed by atoms with van der Waals surface area (Å²) in [5.41, 5.74) is 0. The molecule has 0 aromatic heterocycles. The van der Waals surface area contributed by atoms with Crippen molar-refractivity contribution in [3.05, 3.63) is 36.5 Å². The van der Waals surface area contributed by atoms with Crippen molar-refractivity contribution in [1.82, 2.24) is 5.32 Å². The summed E-state index contributed by atoms with van der Waals surface area (Å²) >= 11 is 0. The fourth-order valence-electron chi connectivity index (χ4n) is 4.80. The van der Waals surface area contributed by atoms with E-state index in [0.717, 1.165) is 70.6 Å². The zero-order valence-corrected chi connectivity index (χ0v) is 30.6. The first-order valence-corrected chi connectivity index (χ1v) is 20.0. The number of rotatable bonds is 34. The van der Waals surface area contributed by atoms with Crippen molar-refractivity contribution in [2.75, 3.05) is 26.4 Å². The lowest BCUT2D eigenvalue weighted by Crippen LogP contribution is -2.27. The van der Waals surface area contributed by atoms with Gasteiger partial charge >= 0.3 is 13.8 Å². The summed E-state index contributed by atoms with van der Waals surface area (Å²) < 4.78 is 26.7. The Morgan fingerprint density at radius 3 is 1.83 bits per heavy atom. The molecule has 9 nitrogen and oxygen atoms in total. The Kier molecular flexibility index (Phi) is 32.8. The third-order valence-electron chi connectivity index (χ3n) is 7.58. The number of aliphatic hydroxyl groups is 1. The molecule has 0 heterocycles. The van der Waals surface area contributed by atoms with Gasteiger partial charge in [0.15, 0.2) is 0 Å². The lowest BCUT2D eigenvalue weighted by atomic mass is 10.1.